The van der Waals surface area contributed by atoms with Gasteiger partial charge in [0.15, 0.2) is 0 Å². The van der Waals surface area contributed by atoms with Crippen molar-refractivity contribution in [2.24, 2.45) is 0 Å². The molecular weight excluding hydrogens is 432 g/mol. The van der Waals surface area contributed by atoms with Crippen molar-refractivity contribution in [1.82, 2.24) is 0 Å². The molecule has 34 heavy (non-hydrogen) atoms. The van der Waals surface area contributed by atoms with Crippen molar-refractivity contribution in [2.45, 2.75) is 20.0 Å². The van der Waals surface area contributed by atoms with Crippen LogP contribution in [0, 0.1) is 0 Å². The number of carbonyl (C=O) groups excluding carboxylic acids is 3. The van der Waals surface area contributed by atoms with Crippen LogP contribution in [-0.4, -0.2) is 31.1 Å². The van der Waals surface area contributed by atoms with Gasteiger partial charge in [-0.2, -0.15) is 0 Å². The number of hydrogen-bond acceptors (Lipinski definition) is 5. The van der Waals surface area contributed by atoms with Crippen LogP contribution in [0.25, 0.3) is 6.08 Å². The Morgan fingerprint density at radius 1 is 0.765 bits per heavy atom. The molecule has 0 N–H and O–H groups in total. The number of barbiturate groups is 1. The van der Waals surface area contributed by atoms with Crippen molar-refractivity contribution in [2.75, 3.05) is 16.9 Å². The molecule has 1 fully saturated rings. The monoisotopic (exact) mass is 456 g/mol. The van der Waals surface area contributed by atoms with E-state index in [4.69, 9.17) is 9.47 Å². The summed E-state index contributed by atoms with van der Waals surface area (Å²) in [5.74, 6) is -0.387. The number of methoxy groups -OCH3 is 1. The number of para-hydroxylation sites is 2. The molecule has 172 valence electrons. The molecule has 0 radical (unpaired) electrons. The highest BCUT2D eigenvalue weighted by molar-refractivity contribution is 6.46. The van der Waals surface area contributed by atoms with Crippen LogP contribution in [0.15, 0.2) is 84.4 Å². The van der Waals surface area contributed by atoms with Crippen molar-refractivity contribution in [3.05, 3.63) is 90.0 Å². The van der Waals surface area contributed by atoms with Crippen LogP contribution >= 0.6 is 0 Å². The minimum absolute atomic E-state index is 0.148. The molecule has 4 amide bonds. The molecule has 0 saturated carbocycles. The zero-order valence-electron chi connectivity index (χ0n) is 19.1. The Bertz CT molecular complexity index is 1190. The lowest BCUT2D eigenvalue weighted by atomic mass is 10.0. The Morgan fingerprint density at radius 3 is 1.76 bits per heavy atom. The summed E-state index contributed by atoms with van der Waals surface area (Å²) in [4.78, 5) is 42.4. The highest BCUT2D eigenvalue weighted by atomic mass is 16.5. The second-order valence-electron chi connectivity index (χ2n) is 7.86. The van der Waals surface area contributed by atoms with Gasteiger partial charge in [-0.3, -0.25) is 9.59 Å². The molecular formula is C27H24N2O5. The smallest absolute Gasteiger partial charge is 0.343 e. The van der Waals surface area contributed by atoms with E-state index >= 15 is 0 Å². The van der Waals surface area contributed by atoms with E-state index in [1.54, 1.807) is 86.0 Å². The predicted octanol–water partition coefficient (Wildman–Crippen LogP) is 5.07. The second-order valence-corrected chi connectivity index (χ2v) is 7.86. The van der Waals surface area contributed by atoms with Crippen molar-refractivity contribution in [3.63, 3.8) is 0 Å². The molecule has 3 aromatic carbocycles. The van der Waals surface area contributed by atoms with E-state index in [9.17, 15) is 14.4 Å². The number of carbonyl (C=O) groups is 3. The van der Waals surface area contributed by atoms with Gasteiger partial charge in [0.05, 0.1) is 24.6 Å². The highest BCUT2D eigenvalue weighted by Crippen LogP contribution is 2.32. The first-order chi connectivity index (χ1) is 16.4. The maximum atomic E-state index is 13.5. The summed E-state index contributed by atoms with van der Waals surface area (Å²) >= 11 is 0. The number of benzene rings is 3. The Balaban J connectivity index is 1.87. The van der Waals surface area contributed by atoms with Gasteiger partial charge in [0.1, 0.15) is 17.1 Å². The van der Waals surface area contributed by atoms with Crippen LogP contribution in [-0.2, 0) is 9.59 Å². The zero-order chi connectivity index (χ0) is 24.2. The number of imide groups is 2. The normalized spacial score (nSPS) is 14.0. The van der Waals surface area contributed by atoms with Crippen molar-refractivity contribution >= 4 is 35.3 Å². The Morgan fingerprint density at radius 2 is 1.29 bits per heavy atom. The Kier molecular flexibility index (Phi) is 6.45. The van der Waals surface area contributed by atoms with Gasteiger partial charge < -0.3 is 9.47 Å². The Labute approximate surface area is 197 Å². The van der Waals surface area contributed by atoms with Crippen molar-refractivity contribution in [3.8, 4) is 11.5 Å². The van der Waals surface area contributed by atoms with Crippen LogP contribution in [0.2, 0.25) is 0 Å². The fraction of sp³-hybridized carbons (Fsp3) is 0.148. The second kappa shape index (κ2) is 9.62. The maximum absolute atomic E-state index is 13.5. The molecule has 0 spiro atoms. The van der Waals surface area contributed by atoms with Gasteiger partial charge in [0, 0.05) is 11.6 Å². The van der Waals surface area contributed by atoms with Gasteiger partial charge in [0.2, 0.25) is 0 Å². The average molecular weight is 456 g/mol. The van der Waals surface area contributed by atoms with Gasteiger partial charge in [-0.25, -0.2) is 14.6 Å². The molecule has 0 unspecified atom stereocenters. The van der Waals surface area contributed by atoms with Gasteiger partial charge in [-0.1, -0.05) is 36.4 Å². The van der Waals surface area contributed by atoms with Crippen LogP contribution in [0.5, 0.6) is 11.5 Å². The van der Waals surface area contributed by atoms with E-state index in [2.05, 4.69) is 0 Å². The molecule has 7 nitrogen and oxygen atoms in total. The molecule has 3 aromatic rings. The molecule has 1 heterocycles. The zero-order valence-corrected chi connectivity index (χ0v) is 19.1. The first-order valence-electron chi connectivity index (χ1n) is 10.8. The number of hydrogen-bond donors (Lipinski definition) is 0. The van der Waals surface area contributed by atoms with Crippen molar-refractivity contribution in [1.29, 1.82) is 0 Å². The lowest BCUT2D eigenvalue weighted by molar-refractivity contribution is -0.121. The number of ether oxygens (including phenoxy) is 2. The molecule has 0 atom stereocenters. The number of urea groups is 1. The lowest BCUT2D eigenvalue weighted by Gasteiger charge is -2.34. The molecule has 1 aliphatic rings. The van der Waals surface area contributed by atoms with Gasteiger partial charge in [-0.15, -0.1) is 0 Å². The van der Waals surface area contributed by atoms with E-state index in [1.807, 2.05) is 13.8 Å². The van der Waals surface area contributed by atoms with E-state index in [1.165, 1.54) is 6.08 Å². The summed E-state index contributed by atoms with van der Waals surface area (Å²) in [6.07, 6.45) is 1.31. The predicted molar refractivity (Wildman–Crippen MR) is 130 cm³/mol. The van der Waals surface area contributed by atoms with Crippen LogP contribution in [0.3, 0.4) is 0 Å². The van der Waals surface area contributed by atoms with Gasteiger partial charge in [0.25, 0.3) is 11.8 Å². The first-order valence-corrected chi connectivity index (χ1v) is 10.8. The highest BCUT2D eigenvalue weighted by Gasteiger charge is 2.43. The summed E-state index contributed by atoms with van der Waals surface area (Å²) in [5.41, 5.74) is 1.09. The SMILES string of the molecule is COc1ccc(C=C2C(=O)N(c3ccccc3)C(=O)N(c3ccccc3)C2=O)c(OC(C)C)c1. The Hall–Kier alpha value is -4.39. The minimum Gasteiger partial charge on any atom is -0.497 e. The lowest BCUT2D eigenvalue weighted by Crippen LogP contribution is -2.57. The average Bonchev–Trinajstić information content (AvgIpc) is 2.83. The topological polar surface area (TPSA) is 76.2 Å². The maximum Gasteiger partial charge on any atom is 0.343 e. The van der Waals surface area contributed by atoms with E-state index < -0.39 is 17.8 Å². The molecule has 1 saturated heterocycles. The largest absolute Gasteiger partial charge is 0.497 e. The summed E-state index contributed by atoms with van der Waals surface area (Å²) in [6, 6.07) is 21.4. The third-order valence-electron chi connectivity index (χ3n) is 5.16. The quantitative estimate of drug-likeness (QED) is 0.383. The number of nitrogens with zero attached hydrogens (tertiary/aromatic N) is 2. The molecule has 0 aliphatic carbocycles. The molecule has 0 bridgehead atoms. The van der Waals surface area contributed by atoms with Crippen LogP contribution in [0.4, 0.5) is 16.2 Å². The molecule has 4 rings (SSSR count). The fourth-order valence-corrected chi connectivity index (χ4v) is 3.61. The van der Waals surface area contributed by atoms with Gasteiger partial charge in [-0.05, 0) is 56.3 Å². The molecule has 0 aromatic heterocycles. The standard InChI is InChI=1S/C27H24N2O5/c1-18(2)34-24-17-22(33-3)15-14-19(24)16-23-25(30)28(20-10-6-4-7-11-20)27(32)29(26(23)31)21-12-8-5-9-13-21/h4-18H,1-3H3. The third kappa shape index (κ3) is 4.41. The minimum atomic E-state index is -0.738. The van der Waals surface area contributed by atoms with Gasteiger partial charge >= 0.3 is 6.03 Å². The van der Waals surface area contributed by atoms with E-state index in [0.717, 1.165) is 9.80 Å². The summed E-state index contributed by atoms with van der Waals surface area (Å²) in [5, 5.41) is 0. The first kappa shape index (κ1) is 22.8. The van der Waals surface area contributed by atoms with Crippen LogP contribution < -0.4 is 19.3 Å². The summed E-state index contributed by atoms with van der Waals surface area (Å²) < 4.78 is 11.2. The molecule has 1 aliphatic heterocycles. The number of amides is 4. The van der Waals surface area contributed by atoms with Crippen LogP contribution in [0.1, 0.15) is 19.4 Å². The number of rotatable bonds is 6. The van der Waals surface area contributed by atoms with Crippen molar-refractivity contribution < 1.29 is 23.9 Å². The summed E-state index contributed by atoms with van der Waals surface area (Å²) in [7, 11) is 1.54. The number of anilines is 2. The van der Waals surface area contributed by atoms with E-state index in [-0.39, 0.29) is 11.7 Å². The molecule has 7 heteroatoms. The fourth-order valence-electron chi connectivity index (χ4n) is 3.61. The third-order valence-corrected chi connectivity index (χ3v) is 5.16. The van der Waals surface area contributed by atoms with E-state index in [0.29, 0.717) is 28.4 Å². The summed E-state index contributed by atoms with van der Waals surface area (Å²) in [6.45, 7) is 3.75.